The van der Waals surface area contributed by atoms with Crippen LogP contribution in [-0.2, 0) is 22.6 Å². The predicted octanol–water partition coefficient (Wildman–Crippen LogP) is 3.24. The highest BCUT2D eigenvalue weighted by molar-refractivity contribution is 5.76. The maximum Gasteiger partial charge on any atom is 0.344 e. The Morgan fingerprint density at radius 2 is 1.93 bits per heavy atom. The van der Waals surface area contributed by atoms with Crippen molar-refractivity contribution in [3.8, 4) is 22.9 Å². The van der Waals surface area contributed by atoms with Gasteiger partial charge in [0.25, 0.3) is 5.89 Å². The van der Waals surface area contributed by atoms with E-state index in [0.717, 1.165) is 12.0 Å². The molecule has 0 spiro atoms. The van der Waals surface area contributed by atoms with E-state index >= 15 is 0 Å². The van der Waals surface area contributed by atoms with Crippen LogP contribution in [0.4, 0.5) is 0 Å². The van der Waals surface area contributed by atoms with Crippen molar-refractivity contribution in [3.63, 3.8) is 0 Å². The van der Waals surface area contributed by atoms with Crippen LogP contribution >= 0.6 is 0 Å². The molecule has 0 N–H and O–H groups in total. The highest BCUT2D eigenvalue weighted by atomic mass is 16.6. The molecular weight excluding hydrogens is 376 g/mol. The van der Waals surface area contributed by atoms with Crippen LogP contribution in [0.1, 0.15) is 28.7 Å². The average molecular weight is 396 g/mol. The van der Waals surface area contributed by atoms with Crippen LogP contribution in [-0.4, -0.2) is 36.1 Å². The van der Waals surface area contributed by atoms with Gasteiger partial charge in [-0.2, -0.15) is 4.98 Å². The molecule has 1 heterocycles. The molecule has 3 aromatic rings. The van der Waals surface area contributed by atoms with Crippen LogP contribution in [0.15, 0.2) is 47.0 Å². The lowest BCUT2D eigenvalue weighted by Gasteiger charge is -2.10. The Kier molecular flexibility index (Phi) is 6.57. The summed E-state index contributed by atoms with van der Waals surface area (Å²) in [4.78, 5) is 27.0. The van der Waals surface area contributed by atoms with E-state index in [-0.39, 0.29) is 19.1 Å². The molecule has 0 atom stereocenters. The number of hydrogen-bond acceptors (Lipinski definition) is 8. The molecule has 0 amide bonds. The summed E-state index contributed by atoms with van der Waals surface area (Å²) in [5.41, 5.74) is 2.47. The van der Waals surface area contributed by atoms with Crippen molar-refractivity contribution in [2.24, 2.45) is 0 Å². The van der Waals surface area contributed by atoms with Gasteiger partial charge in [0.05, 0.1) is 7.11 Å². The lowest BCUT2D eigenvalue weighted by atomic mass is 10.1. The second kappa shape index (κ2) is 9.50. The lowest BCUT2D eigenvalue weighted by Crippen LogP contribution is -2.15. The van der Waals surface area contributed by atoms with Crippen molar-refractivity contribution in [3.05, 3.63) is 59.5 Å². The first-order chi connectivity index (χ1) is 14.1. The third-order valence-electron chi connectivity index (χ3n) is 4.11. The molecule has 8 nitrogen and oxygen atoms in total. The molecule has 0 radical (unpaired) electrons. The highest BCUT2D eigenvalue weighted by Crippen LogP contribution is 2.27. The van der Waals surface area contributed by atoms with Gasteiger partial charge in [-0.15, -0.1) is 0 Å². The first-order valence-corrected chi connectivity index (χ1v) is 8.96. The van der Waals surface area contributed by atoms with E-state index in [1.807, 2.05) is 24.3 Å². The van der Waals surface area contributed by atoms with E-state index in [2.05, 4.69) is 17.1 Å². The number of carbonyl (C=O) groups excluding carboxylic acids is 2. The number of nitrogens with zero attached hydrogens (tertiary/aromatic N) is 2. The normalized spacial score (nSPS) is 10.4. The number of rotatable bonds is 9. The molecule has 8 heteroatoms. The monoisotopic (exact) mass is 396 g/mol. The molecule has 1 aromatic heterocycles. The lowest BCUT2D eigenvalue weighted by molar-refractivity contribution is -0.148. The van der Waals surface area contributed by atoms with Crippen LogP contribution in [0.2, 0.25) is 0 Å². The molecule has 0 fully saturated rings. The summed E-state index contributed by atoms with van der Waals surface area (Å²) in [6.07, 6.45) is 1.64. The topological polar surface area (TPSA) is 101 Å². The van der Waals surface area contributed by atoms with Crippen LogP contribution < -0.4 is 9.47 Å². The standard InChI is InChI=1S/C21H20N2O6/c1-3-14-4-7-16(8-5-14)21-22-19(29-23-21)12-28-20(25)13-27-17-9-6-15(11-24)10-18(17)26-2/h4-11H,3,12-13H2,1-2H3. The third-order valence-corrected chi connectivity index (χ3v) is 4.11. The Bertz CT molecular complexity index is 981. The van der Waals surface area contributed by atoms with Gasteiger partial charge in [0.2, 0.25) is 5.82 Å². The number of ether oxygens (including phenoxy) is 3. The molecular formula is C21H20N2O6. The molecule has 0 saturated heterocycles. The second-order valence-corrected chi connectivity index (χ2v) is 6.04. The Morgan fingerprint density at radius 3 is 2.62 bits per heavy atom. The van der Waals surface area contributed by atoms with E-state index in [4.69, 9.17) is 18.7 Å². The fourth-order valence-corrected chi connectivity index (χ4v) is 2.52. The smallest absolute Gasteiger partial charge is 0.344 e. The van der Waals surface area contributed by atoms with Crippen molar-refractivity contribution in [2.75, 3.05) is 13.7 Å². The Morgan fingerprint density at radius 1 is 1.14 bits per heavy atom. The van der Waals surface area contributed by atoms with E-state index < -0.39 is 5.97 Å². The van der Waals surface area contributed by atoms with Gasteiger partial charge in [-0.25, -0.2) is 4.79 Å². The van der Waals surface area contributed by atoms with Gasteiger partial charge in [-0.05, 0) is 30.2 Å². The van der Waals surface area contributed by atoms with Crippen LogP contribution in [0, 0.1) is 0 Å². The summed E-state index contributed by atoms with van der Waals surface area (Å²) < 4.78 is 20.7. The maximum absolute atomic E-state index is 11.9. The van der Waals surface area contributed by atoms with Gasteiger partial charge in [0, 0.05) is 11.1 Å². The van der Waals surface area contributed by atoms with Crippen LogP contribution in [0.5, 0.6) is 11.5 Å². The number of benzene rings is 2. The van der Waals surface area contributed by atoms with Gasteiger partial charge in [0.1, 0.15) is 6.29 Å². The Hall–Kier alpha value is -3.68. The third kappa shape index (κ3) is 5.19. The molecule has 0 aliphatic heterocycles. The van der Waals surface area contributed by atoms with Crippen molar-refractivity contribution < 1.29 is 28.3 Å². The largest absolute Gasteiger partial charge is 0.493 e. The minimum atomic E-state index is -0.612. The van der Waals surface area contributed by atoms with Gasteiger partial charge >= 0.3 is 5.97 Å². The number of carbonyl (C=O) groups is 2. The summed E-state index contributed by atoms with van der Waals surface area (Å²) >= 11 is 0. The number of hydrogen-bond donors (Lipinski definition) is 0. The van der Waals surface area contributed by atoms with Crippen molar-refractivity contribution >= 4 is 12.3 Å². The summed E-state index contributed by atoms with van der Waals surface area (Å²) in [6.45, 7) is 1.58. The number of aryl methyl sites for hydroxylation is 1. The number of methoxy groups -OCH3 is 1. The number of aromatic nitrogens is 2. The Labute approximate surface area is 167 Å². The van der Waals surface area contributed by atoms with Crippen LogP contribution in [0.3, 0.4) is 0 Å². The molecule has 0 bridgehead atoms. The fourth-order valence-electron chi connectivity index (χ4n) is 2.52. The quantitative estimate of drug-likeness (QED) is 0.401. The van der Waals surface area contributed by atoms with Gasteiger partial charge < -0.3 is 18.7 Å². The minimum Gasteiger partial charge on any atom is -0.493 e. The molecule has 0 aliphatic carbocycles. The van der Waals surface area contributed by atoms with Gasteiger partial charge in [-0.3, -0.25) is 4.79 Å². The minimum absolute atomic E-state index is 0.163. The number of esters is 1. The fraction of sp³-hybridized carbons (Fsp3) is 0.238. The Balaban J connectivity index is 1.52. The van der Waals surface area contributed by atoms with E-state index in [1.165, 1.54) is 18.7 Å². The predicted molar refractivity (Wildman–Crippen MR) is 103 cm³/mol. The zero-order valence-corrected chi connectivity index (χ0v) is 16.1. The summed E-state index contributed by atoms with van der Waals surface area (Å²) in [5.74, 6) is 0.665. The van der Waals surface area contributed by atoms with E-state index in [0.29, 0.717) is 29.2 Å². The summed E-state index contributed by atoms with van der Waals surface area (Å²) in [5, 5.41) is 3.90. The zero-order valence-electron chi connectivity index (χ0n) is 16.1. The zero-order chi connectivity index (χ0) is 20.6. The molecule has 3 rings (SSSR count). The summed E-state index contributed by atoms with van der Waals surface area (Å²) in [6, 6.07) is 12.4. The first kappa shape index (κ1) is 20.1. The van der Waals surface area contributed by atoms with Crippen LogP contribution in [0.25, 0.3) is 11.4 Å². The molecule has 0 unspecified atom stereocenters. The van der Waals surface area contributed by atoms with Gasteiger partial charge in [-0.1, -0.05) is 36.3 Å². The SMILES string of the molecule is CCc1ccc(-c2noc(COC(=O)COc3ccc(C=O)cc3OC)n2)cc1. The van der Waals surface area contributed by atoms with Crippen molar-refractivity contribution in [2.45, 2.75) is 20.0 Å². The number of aldehydes is 1. The van der Waals surface area contributed by atoms with Crippen molar-refractivity contribution in [1.29, 1.82) is 0 Å². The van der Waals surface area contributed by atoms with E-state index in [9.17, 15) is 9.59 Å². The molecule has 0 saturated carbocycles. The summed E-state index contributed by atoms with van der Waals surface area (Å²) in [7, 11) is 1.44. The molecule has 150 valence electrons. The molecule has 29 heavy (non-hydrogen) atoms. The first-order valence-electron chi connectivity index (χ1n) is 8.96. The van der Waals surface area contributed by atoms with Gasteiger partial charge in [0.15, 0.2) is 24.7 Å². The molecule has 0 aliphatic rings. The van der Waals surface area contributed by atoms with Crippen molar-refractivity contribution in [1.82, 2.24) is 10.1 Å². The maximum atomic E-state index is 11.9. The average Bonchev–Trinajstić information content (AvgIpc) is 3.25. The van der Waals surface area contributed by atoms with E-state index in [1.54, 1.807) is 12.1 Å². The second-order valence-electron chi connectivity index (χ2n) is 6.04. The molecule has 2 aromatic carbocycles. The highest BCUT2D eigenvalue weighted by Gasteiger charge is 2.13.